The van der Waals surface area contributed by atoms with E-state index < -0.39 is 0 Å². The number of nitrogens with one attached hydrogen (secondary N) is 1. The minimum Gasteiger partial charge on any atom is -0.494 e. The van der Waals surface area contributed by atoms with Gasteiger partial charge < -0.3 is 10.1 Å². The van der Waals surface area contributed by atoms with Crippen LogP contribution in [0.3, 0.4) is 0 Å². The molecule has 0 radical (unpaired) electrons. The number of amides is 1. The van der Waals surface area contributed by atoms with Crippen LogP contribution in [0, 0.1) is 12.8 Å². The van der Waals surface area contributed by atoms with Gasteiger partial charge in [0.25, 0.3) is 0 Å². The van der Waals surface area contributed by atoms with Crippen LogP contribution in [-0.2, 0) is 4.79 Å². The van der Waals surface area contributed by atoms with Crippen molar-refractivity contribution in [3.63, 3.8) is 0 Å². The number of hydrogen-bond donors (Lipinski definition) is 1. The molecule has 1 aromatic heterocycles. The molecule has 1 amide bonds. The van der Waals surface area contributed by atoms with E-state index in [1.807, 2.05) is 12.1 Å². The van der Waals surface area contributed by atoms with Gasteiger partial charge in [0, 0.05) is 12.1 Å². The summed E-state index contributed by atoms with van der Waals surface area (Å²) >= 11 is 0. The van der Waals surface area contributed by atoms with Gasteiger partial charge in [0.15, 0.2) is 5.82 Å². The first-order valence-corrected chi connectivity index (χ1v) is 7.57. The van der Waals surface area contributed by atoms with E-state index in [-0.39, 0.29) is 5.91 Å². The summed E-state index contributed by atoms with van der Waals surface area (Å²) in [5.74, 6) is 1.63. The Morgan fingerprint density at radius 2 is 2.35 bits per heavy atom. The predicted molar refractivity (Wildman–Crippen MR) is 85.6 cm³/mol. The van der Waals surface area contributed by atoms with Crippen LogP contribution in [0.2, 0.25) is 0 Å². The second kappa shape index (κ2) is 6.60. The molecule has 1 heterocycles. The Balaban J connectivity index is 1.79. The molecule has 1 atom stereocenters. The van der Waals surface area contributed by atoms with Gasteiger partial charge in [0.2, 0.25) is 5.91 Å². The quantitative estimate of drug-likeness (QED) is 0.856. The Morgan fingerprint density at radius 3 is 3.00 bits per heavy atom. The maximum Gasteiger partial charge on any atom is 0.224 e. The number of tetrazole rings is 1. The topological polar surface area (TPSA) is 81.9 Å². The number of rotatable bonds is 5. The molecule has 1 aliphatic rings. The molecule has 0 aliphatic heterocycles. The Kier molecular flexibility index (Phi) is 4.36. The van der Waals surface area contributed by atoms with E-state index in [2.05, 4.69) is 33.0 Å². The summed E-state index contributed by atoms with van der Waals surface area (Å²) in [6, 6.07) is 5.41. The Labute approximate surface area is 134 Å². The van der Waals surface area contributed by atoms with Crippen LogP contribution in [0.15, 0.2) is 30.4 Å². The van der Waals surface area contributed by atoms with E-state index in [4.69, 9.17) is 4.74 Å². The second-order valence-electron chi connectivity index (χ2n) is 5.54. The molecule has 1 aliphatic carbocycles. The number of nitrogens with zero attached hydrogens (tertiary/aromatic N) is 4. The largest absolute Gasteiger partial charge is 0.494 e. The van der Waals surface area contributed by atoms with Gasteiger partial charge in [0.05, 0.1) is 7.11 Å². The average Bonchev–Trinajstić information content (AvgIpc) is 3.18. The molecule has 7 nitrogen and oxygen atoms in total. The minimum absolute atomic E-state index is 0.00565. The SMILES string of the molecule is COc1ccc(NC(=O)C[C@@H]2C=CCC2)cc1-n1nnnc1C. The first-order valence-electron chi connectivity index (χ1n) is 7.57. The molecular formula is C16H19N5O2. The first kappa shape index (κ1) is 15.2. The van der Waals surface area contributed by atoms with Crippen LogP contribution < -0.4 is 10.1 Å². The van der Waals surface area contributed by atoms with Gasteiger partial charge in [-0.05, 0) is 54.3 Å². The van der Waals surface area contributed by atoms with Crippen molar-refractivity contribution in [2.24, 2.45) is 5.92 Å². The van der Waals surface area contributed by atoms with Crippen molar-refractivity contribution in [3.05, 3.63) is 36.2 Å². The Morgan fingerprint density at radius 1 is 1.48 bits per heavy atom. The highest BCUT2D eigenvalue weighted by Gasteiger charge is 2.16. The minimum atomic E-state index is 0.00565. The van der Waals surface area contributed by atoms with E-state index in [9.17, 15) is 4.79 Å². The molecule has 0 unspecified atom stereocenters. The van der Waals surface area contributed by atoms with Crippen molar-refractivity contribution in [3.8, 4) is 11.4 Å². The van der Waals surface area contributed by atoms with Gasteiger partial charge in [-0.15, -0.1) is 5.10 Å². The fraction of sp³-hybridized carbons (Fsp3) is 0.375. The highest BCUT2D eigenvalue weighted by molar-refractivity contribution is 5.91. The summed E-state index contributed by atoms with van der Waals surface area (Å²) in [6.45, 7) is 1.80. The summed E-state index contributed by atoms with van der Waals surface area (Å²) < 4.78 is 6.93. The van der Waals surface area contributed by atoms with Crippen molar-refractivity contribution in [2.45, 2.75) is 26.2 Å². The molecule has 2 aromatic rings. The number of methoxy groups -OCH3 is 1. The lowest BCUT2D eigenvalue weighted by Crippen LogP contribution is -2.15. The van der Waals surface area contributed by atoms with Crippen LogP contribution in [0.4, 0.5) is 5.69 Å². The number of ether oxygens (including phenoxy) is 1. The van der Waals surface area contributed by atoms with Crippen LogP contribution in [-0.4, -0.2) is 33.2 Å². The zero-order chi connectivity index (χ0) is 16.2. The number of carbonyl (C=O) groups is 1. The van der Waals surface area contributed by atoms with Crippen LogP contribution in [0.5, 0.6) is 5.75 Å². The molecule has 0 spiro atoms. The molecule has 0 fully saturated rings. The number of carbonyl (C=O) groups excluding carboxylic acids is 1. The van der Waals surface area contributed by atoms with E-state index in [0.717, 1.165) is 12.8 Å². The normalized spacial score (nSPS) is 16.5. The summed E-state index contributed by atoms with van der Waals surface area (Å²) in [6.07, 6.45) is 6.85. The molecule has 0 bridgehead atoms. The number of anilines is 1. The van der Waals surface area contributed by atoms with E-state index >= 15 is 0 Å². The molecular weight excluding hydrogens is 294 g/mol. The standard InChI is InChI=1S/C16H19N5O2/c1-11-18-19-20-21(11)14-10-13(7-8-15(14)23-2)17-16(22)9-12-5-3-4-6-12/h3,5,7-8,10,12H,4,6,9H2,1-2H3,(H,17,22)/t12-/m1/s1. The monoisotopic (exact) mass is 313 g/mol. The lowest BCUT2D eigenvalue weighted by Gasteiger charge is -2.13. The fourth-order valence-corrected chi connectivity index (χ4v) is 2.70. The zero-order valence-electron chi connectivity index (χ0n) is 13.2. The fourth-order valence-electron chi connectivity index (χ4n) is 2.70. The van der Waals surface area contributed by atoms with E-state index in [1.165, 1.54) is 0 Å². The summed E-state index contributed by atoms with van der Waals surface area (Å²) in [5, 5.41) is 14.4. The zero-order valence-corrected chi connectivity index (χ0v) is 13.2. The average molecular weight is 313 g/mol. The maximum atomic E-state index is 12.2. The number of aromatic nitrogens is 4. The summed E-state index contributed by atoms with van der Waals surface area (Å²) in [7, 11) is 1.59. The van der Waals surface area contributed by atoms with Crippen LogP contribution in [0.25, 0.3) is 5.69 Å². The first-order chi connectivity index (χ1) is 11.2. The van der Waals surface area contributed by atoms with E-state index in [1.54, 1.807) is 24.8 Å². The smallest absolute Gasteiger partial charge is 0.224 e. The van der Waals surface area contributed by atoms with Crippen molar-refractivity contribution in [1.29, 1.82) is 0 Å². The molecule has 23 heavy (non-hydrogen) atoms. The molecule has 7 heteroatoms. The molecule has 120 valence electrons. The number of benzene rings is 1. The maximum absolute atomic E-state index is 12.2. The Bertz CT molecular complexity index is 738. The van der Waals surface area contributed by atoms with Gasteiger partial charge >= 0.3 is 0 Å². The lowest BCUT2D eigenvalue weighted by atomic mass is 10.1. The highest BCUT2D eigenvalue weighted by Crippen LogP contribution is 2.27. The molecule has 1 N–H and O–H groups in total. The lowest BCUT2D eigenvalue weighted by molar-refractivity contribution is -0.116. The number of aryl methyl sites for hydroxylation is 1. The van der Waals surface area contributed by atoms with Crippen molar-refractivity contribution >= 4 is 11.6 Å². The van der Waals surface area contributed by atoms with E-state index in [0.29, 0.717) is 35.3 Å². The predicted octanol–water partition coefficient (Wildman–Crippen LogP) is 2.27. The summed E-state index contributed by atoms with van der Waals surface area (Å²) in [4.78, 5) is 12.2. The molecule has 0 saturated carbocycles. The number of allylic oxidation sites excluding steroid dienone is 2. The van der Waals surface area contributed by atoms with Gasteiger partial charge in [-0.3, -0.25) is 4.79 Å². The van der Waals surface area contributed by atoms with Gasteiger partial charge in [-0.2, -0.15) is 4.68 Å². The third-order valence-electron chi connectivity index (χ3n) is 3.88. The van der Waals surface area contributed by atoms with Crippen molar-refractivity contribution in [1.82, 2.24) is 20.2 Å². The van der Waals surface area contributed by atoms with Gasteiger partial charge in [-0.25, -0.2) is 0 Å². The van der Waals surface area contributed by atoms with Crippen molar-refractivity contribution in [2.75, 3.05) is 12.4 Å². The molecule has 3 rings (SSSR count). The Hall–Kier alpha value is -2.70. The third-order valence-corrected chi connectivity index (χ3v) is 3.88. The second-order valence-corrected chi connectivity index (χ2v) is 5.54. The highest BCUT2D eigenvalue weighted by atomic mass is 16.5. The molecule has 1 aromatic carbocycles. The third kappa shape index (κ3) is 3.39. The van der Waals surface area contributed by atoms with Gasteiger partial charge in [0.1, 0.15) is 11.4 Å². The summed E-state index contributed by atoms with van der Waals surface area (Å²) in [5.41, 5.74) is 1.39. The number of hydrogen-bond acceptors (Lipinski definition) is 5. The molecule has 0 saturated heterocycles. The van der Waals surface area contributed by atoms with Crippen LogP contribution in [0.1, 0.15) is 25.1 Å². The van der Waals surface area contributed by atoms with Crippen LogP contribution >= 0.6 is 0 Å². The van der Waals surface area contributed by atoms with Gasteiger partial charge in [-0.1, -0.05) is 12.2 Å². The van der Waals surface area contributed by atoms with Crippen molar-refractivity contribution < 1.29 is 9.53 Å².